The zero-order valence-corrected chi connectivity index (χ0v) is 18.4. The minimum absolute atomic E-state index is 0. The minimum atomic E-state index is 0. The smallest absolute Gasteiger partial charge is 1.00 e. The molecule has 0 bridgehead atoms. The van der Waals surface area contributed by atoms with Gasteiger partial charge in [0.05, 0.1) is 0 Å². The molecule has 0 fully saturated rings. The molecular weight excluding hydrogens is 406 g/mol. The van der Waals surface area contributed by atoms with Gasteiger partial charge in [0, 0.05) is 0 Å². The first-order valence-corrected chi connectivity index (χ1v) is 6.20. The second-order valence-electron chi connectivity index (χ2n) is 4.36. The van der Waals surface area contributed by atoms with Gasteiger partial charge < -0.3 is 24.8 Å². The third-order valence-electron chi connectivity index (χ3n) is 3.17. The van der Waals surface area contributed by atoms with Gasteiger partial charge in [0.25, 0.3) is 0 Å². The fourth-order valence-electron chi connectivity index (χ4n) is 2.32. The molecule has 0 saturated carbocycles. The van der Waals surface area contributed by atoms with Crippen LogP contribution in [0.15, 0.2) is 72.8 Å². The van der Waals surface area contributed by atoms with Crippen LogP contribution in [0.3, 0.4) is 0 Å². The minimum Gasteiger partial charge on any atom is -1.00 e. The van der Waals surface area contributed by atoms with Gasteiger partial charge >= 0.3 is 26.2 Å². The summed E-state index contributed by atoms with van der Waals surface area (Å²) in [5.41, 5.74) is 5.51. The molecule has 1 radical (unpaired) electrons. The van der Waals surface area contributed by atoms with E-state index in [1.807, 2.05) is 36.4 Å². The monoisotopic (exact) mass is 421 g/mol. The zero-order chi connectivity index (χ0) is 12.2. The van der Waals surface area contributed by atoms with E-state index in [1.54, 1.807) is 0 Å². The van der Waals surface area contributed by atoms with Crippen LogP contribution < -0.4 is 24.8 Å². The Labute approximate surface area is 168 Å². The first-order valence-electron chi connectivity index (χ1n) is 6.20. The molecule has 4 heteroatoms. The maximum Gasteiger partial charge on any atom is 4.00 e. The van der Waals surface area contributed by atoms with Gasteiger partial charge in [0.15, 0.2) is 0 Å². The van der Waals surface area contributed by atoms with E-state index in [9.17, 15) is 0 Å². The van der Waals surface area contributed by atoms with Gasteiger partial charge in [-0.3, -0.25) is 0 Å². The molecule has 3 aromatic rings. The summed E-state index contributed by atoms with van der Waals surface area (Å²) in [5, 5.41) is 0. The van der Waals surface area contributed by atoms with Crippen molar-refractivity contribution >= 4 is 11.0 Å². The molecular formula is C18H17Cl2SiZr. The normalized spacial score (nSPS) is 9.09. The molecule has 1 aliphatic carbocycles. The summed E-state index contributed by atoms with van der Waals surface area (Å²) in [7, 11) is 0. The first kappa shape index (κ1) is 23.7. The Hall–Kier alpha value is -0.530. The number of hydrogen-bond donors (Lipinski definition) is 0. The fourth-order valence-corrected chi connectivity index (χ4v) is 2.32. The Morgan fingerprint density at radius 3 is 2.09 bits per heavy atom. The summed E-state index contributed by atoms with van der Waals surface area (Å²) in [5.74, 6) is 0. The molecule has 0 aliphatic heterocycles. The third-order valence-corrected chi connectivity index (χ3v) is 3.17. The predicted octanol–water partition coefficient (Wildman–Crippen LogP) is -2.71. The zero-order valence-electron chi connectivity index (χ0n) is 12.4. The largest absolute Gasteiger partial charge is 4.00 e. The average Bonchev–Trinajstić information content (AvgIpc) is 3.10. The van der Waals surface area contributed by atoms with Gasteiger partial charge in [-0.2, -0.15) is 48.0 Å². The summed E-state index contributed by atoms with van der Waals surface area (Å²) in [4.78, 5) is 0. The second-order valence-corrected chi connectivity index (χ2v) is 4.36. The molecule has 111 valence electrons. The van der Waals surface area contributed by atoms with Crippen molar-refractivity contribution in [1.29, 1.82) is 0 Å². The van der Waals surface area contributed by atoms with Crippen LogP contribution in [0, 0.1) is 6.07 Å². The summed E-state index contributed by atoms with van der Waals surface area (Å²) in [6.07, 6.45) is 1.05. The van der Waals surface area contributed by atoms with Crippen LogP contribution in [0.25, 0.3) is 11.1 Å². The second kappa shape index (κ2) is 12.0. The fraction of sp³-hybridized carbons (Fsp3) is 0.0556. The predicted molar refractivity (Wildman–Crippen MR) is 85.5 cm³/mol. The van der Waals surface area contributed by atoms with Gasteiger partial charge in [0.2, 0.25) is 0 Å². The van der Waals surface area contributed by atoms with Crippen molar-refractivity contribution in [3.63, 3.8) is 0 Å². The molecule has 4 rings (SSSR count). The Morgan fingerprint density at radius 1 is 0.818 bits per heavy atom. The van der Waals surface area contributed by atoms with Crippen LogP contribution in [0.2, 0.25) is 0 Å². The molecule has 0 unspecified atom stereocenters. The Kier molecular flexibility index (Phi) is 12.9. The Morgan fingerprint density at radius 2 is 1.45 bits per heavy atom. The van der Waals surface area contributed by atoms with Crippen LogP contribution in [-0.2, 0) is 32.6 Å². The molecule has 22 heavy (non-hydrogen) atoms. The van der Waals surface area contributed by atoms with Crippen LogP contribution in [-0.4, -0.2) is 11.0 Å². The van der Waals surface area contributed by atoms with Crippen LogP contribution in [0.1, 0.15) is 11.1 Å². The molecule has 3 aromatic carbocycles. The van der Waals surface area contributed by atoms with E-state index in [-0.39, 0.29) is 62.0 Å². The molecule has 0 saturated heterocycles. The molecule has 0 heterocycles. The summed E-state index contributed by atoms with van der Waals surface area (Å²) >= 11 is 0. The van der Waals surface area contributed by atoms with Crippen molar-refractivity contribution in [1.82, 2.24) is 0 Å². The van der Waals surface area contributed by atoms with Crippen molar-refractivity contribution in [3.05, 3.63) is 90.0 Å². The van der Waals surface area contributed by atoms with Crippen LogP contribution in [0.5, 0.6) is 0 Å². The van der Waals surface area contributed by atoms with Gasteiger partial charge in [-0.25, -0.2) is 12.1 Å². The van der Waals surface area contributed by atoms with Gasteiger partial charge in [0.1, 0.15) is 0 Å². The van der Waals surface area contributed by atoms with E-state index in [0.717, 1.165) is 6.42 Å². The van der Waals surface area contributed by atoms with Crippen molar-refractivity contribution in [2.45, 2.75) is 6.42 Å². The Bertz CT molecular complexity index is 578. The number of rotatable bonds is 0. The number of fused-ring (bicyclic) bond motifs is 3. The van der Waals surface area contributed by atoms with E-state index >= 15 is 0 Å². The van der Waals surface area contributed by atoms with E-state index in [0.29, 0.717) is 0 Å². The summed E-state index contributed by atoms with van der Waals surface area (Å²) < 4.78 is 0. The van der Waals surface area contributed by atoms with E-state index < -0.39 is 0 Å². The Balaban J connectivity index is 0. The molecule has 0 nitrogen and oxygen atoms in total. The number of benzene rings is 2. The van der Waals surface area contributed by atoms with Gasteiger partial charge in [-0.05, 0) is 17.4 Å². The maximum absolute atomic E-state index is 3.30. The standard InChI is InChI=1S/C13H9.C5H5.2ClH.H3Si.Zr/c1-3-7-12-10(5-1)9-11-6-2-4-8-13(11)12;1-2-4-5-3-1;;;;/h1-5,7-8H,9H2;1-5H;2*1H;1H3;/q2*-1;;;;+4/p-2. The van der Waals surface area contributed by atoms with Crippen LogP contribution >= 0.6 is 0 Å². The average molecular weight is 424 g/mol. The van der Waals surface area contributed by atoms with Crippen molar-refractivity contribution in [2.24, 2.45) is 0 Å². The van der Waals surface area contributed by atoms with E-state index in [1.165, 1.54) is 22.3 Å². The summed E-state index contributed by atoms with van der Waals surface area (Å²) in [6, 6.07) is 28.1. The molecule has 0 atom stereocenters. The topological polar surface area (TPSA) is 0 Å². The molecule has 0 spiro atoms. The van der Waals surface area contributed by atoms with E-state index in [4.69, 9.17) is 0 Å². The van der Waals surface area contributed by atoms with Crippen molar-refractivity contribution in [2.75, 3.05) is 0 Å². The molecule has 0 amide bonds. The van der Waals surface area contributed by atoms with Gasteiger partial charge in [-0.15, -0.1) is 5.56 Å². The van der Waals surface area contributed by atoms with Gasteiger partial charge in [-0.1, -0.05) is 35.4 Å². The van der Waals surface area contributed by atoms with E-state index in [2.05, 4.69) is 42.5 Å². The number of halogens is 2. The molecule has 1 aliphatic rings. The SMILES string of the molecule is [Cl-].[Cl-].[SiH3].[Zr+4].[c-]1cccc2c1Cc1ccccc1-2.c1cc[cH-]c1. The summed E-state index contributed by atoms with van der Waals surface area (Å²) in [6.45, 7) is 0. The quantitative estimate of drug-likeness (QED) is 0.213. The van der Waals surface area contributed by atoms with Crippen molar-refractivity contribution < 1.29 is 51.0 Å². The maximum atomic E-state index is 3.30. The molecule has 0 N–H and O–H groups in total. The first-order chi connectivity index (χ1) is 8.95. The third kappa shape index (κ3) is 5.59. The molecule has 0 aromatic heterocycles. The van der Waals surface area contributed by atoms with Crippen molar-refractivity contribution in [3.8, 4) is 11.1 Å². The van der Waals surface area contributed by atoms with Crippen LogP contribution in [0.4, 0.5) is 0 Å². The number of hydrogen-bond acceptors (Lipinski definition) is 0.